The van der Waals surface area contributed by atoms with Gasteiger partial charge in [-0.1, -0.05) is 0 Å². The van der Waals surface area contributed by atoms with Crippen molar-refractivity contribution >= 4 is 22.6 Å². The predicted octanol–water partition coefficient (Wildman–Crippen LogP) is 3.48. The molecule has 0 saturated carbocycles. The van der Waals surface area contributed by atoms with Gasteiger partial charge < -0.3 is 9.30 Å². The molecule has 3 nitrogen and oxygen atoms in total. The predicted molar refractivity (Wildman–Crippen MR) is 72.7 cm³/mol. The first-order valence-electron chi connectivity index (χ1n) is 6.62. The molecule has 0 radical (unpaired) electrons. The minimum absolute atomic E-state index is 0.133. The molecule has 108 valence electrons. The molecule has 0 amide bonds. The van der Waals surface area contributed by atoms with E-state index in [1.165, 1.54) is 6.07 Å². The van der Waals surface area contributed by atoms with E-state index in [-0.39, 0.29) is 17.5 Å². The standard InChI is InChI=1S/C14H15ClF2N2O/c1-8-9(2-3-20-8)7-19-12-5-10(16)4-11(17)14(12)18-13(19)6-15/h4-5,8-9H,2-3,6-7H2,1H3. The molecule has 2 unspecified atom stereocenters. The van der Waals surface area contributed by atoms with E-state index < -0.39 is 11.6 Å². The van der Waals surface area contributed by atoms with Crippen molar-refractivity contribution in [3.05, 3.63) is 29.6 Å². The molecule has 2 heterocycles. The number of benzene rings is 1. The third kappa shape index (κ3) is 2.29. The zero-order chi connectivity index (χ0) is 14.3. The Morgan fingerprint density at radius 2 is 2.25 bits per heavy atom. The first-order valence-corrected chi connectivity index (χ1v) is 7.15. The SMILES string of the molecule is CC1OCCC1Cn1c(CCl)nc2c(F)cc(F)cc21. The summed E-state index contributed by atoms with van der Waals surface area (Å²) < 4.78 is 34.6. The minimum Gasteiger partial charge on any atom is -0.378 e. The third-order valence-electron chi connectivity index (χ3n) is 3.92. The first-order chi connectivity index (χ1) is 9.60. The normalized spacial score (nSPS) is 22.8. The molecule has 0 bridgehead atoms. The Balaban J connectivity index is 2.07. The van der Waals surface area contributed by atoms with Crippen molar-refractivity contribution in [2.24, 2.45) is 5.92 Å². The van der Waals surface area contributed by atoms with Crippen LogP contribution in [0, 0.1) is 17.6 Å². The summed E-state index contributed by atoms with van der Waals surface area (Å²) in [5.74, 6) is -0.225. The fourth-order valence-electron chi connectivity index (χ4n) is 2.75. The first kappa shape index (κ1) is 13.8. The van der Waals surface area contributed by atoms with E-state index in [2.05, 4.69) is 4.98 Å². The average Bonchev–Trinajstić information content (AvgIpc) is 2.95. The van der Waals surface area contributed by atoms with Crippen molar-refractivity contribution < 1.29 is 13.5 Å². The molecular weight excluding hydrogens is 286 g/mol. The highest BCUT2D eigenvalue weighted by atomic mass is 35.5. The highest BCUT2D eigenvalue weighted by Crippen LogP contribution is 2.27. The minimum atomic E-state index is -0.652. The molecule has 0 N–H and O–H groups in total. The van der Waals surface area contributed by atoms with Gasteiger partial charge in [-0.3, -0.25) is 0 Å². The number of rotatable bonds is 3. The summed E-state index contributed by atoms with van der Waals surface area (Å²) >= 11 is 5.89. The summed E-state index contributed by atoms with van der Waals surface area (Å²) in [5, 5.41) is 0. The van der Waals surface area contributed by atoms with Crippen molar-refractivity contribution in [2.75, 3.05) is 6.61 Å². The zero-order valence-electron chi connectivity index (χ0n) is 11.1. The number of fused-ring (bicyclic) bond motifs is 1. The highest BCUT2D eigenvalue weighted by Gasteiger charge is 2.26. The number of hydrogen-bond donors (Lipinski definition) is 0. The number of aromatic nitrogens is 2. The van der Waals surface area contributed by atoms with Crippen LogP contribution in [0.15, 0.2) is 12.1 Å². The Labute approximate surface area is 120 Å². The van der Waals surface area contributed by atoms with Gasteiger partial charge in [0.1, 0.15) is 17.2 Å². The molecule has 1 fully saturated rings. The van der Waals surface area contributed by atoms with E-state index in [9.17, 15) is 8.78 Å². The van der Waals surface area contributed by atoms with E-state index >= 15 is 0 Å². The number of alkyl halides is 1. The number of nitrogens with zero attached hydrogens (tertiary/aromatic N) is 2. The smallest absolute Gasteiger partial charge is 0.153 e. The molecule has 1 aromatic carbocycles. The topological polar surface area (TPSA) is 27.1 Å². The maximum atomic E-state index is 13.8. The number of halogens is 3. The number of ether oxygens (including phenoxy) is 1. The Kier molecular flexibility index (Phi) is 3.65. The zero-order valence-corrected chi connectivity index (χ0v) is 11.8. The fraction of sp³-hybridized carbons (Fsp3) is 0.500. The number of hydrogen-bond acceptors (Lipinski definition) is 2. The lowest BCUT2D eigenvalue weighted by Gasteiger charge is -2.16. The summed E-state index contributed by atoms with van der Waals surface area (Å²) in [4.78, 5) is 4.19. The molecule has 0 aliphatic carbocycles. The monoisotopic (exact) mass is 300 g/mol. The Bertz CT molecular complexity index is 644. The molecule has 1 aliphatic heterocycles. The van der Waals surface area contributed by atoms with Gasteiger partial charge in [0.25, 0.3) is 0 Å². The van der Waals surface area contributed by atoms with Gasteiger partial charge in [0.2, 0.25) is 0 Å². The summed E-state index contributed by atoms with van der Waals surface area (Å²) in [5.41, 5.74) is 0.630. The van der Waals surface area contributed by atoms with Gasteiger partial charge in [-0.25, -0.2) is 13.8 Å². The summed E-state index contributed by atoms with van der Waals surface area (Å²) in [6.07, 6.45) is 1.06. The van der Waals surface area contributed by atoms with Gasteiger partial charge in [-0.15, -0.1) is 11.6 Å². The Hall–Kier alpha value is -1.20. The van der Waals surface area contributed by atoms with Crippen molar-refractivity contribution in [1.82, 2.24) is 9.55 Å². The Morgan fingerprint density at radius 1 is 1.45 bits per heavy atom. The van der Waals surface area contributed by atoms with Crippen LogP contribution in [-0.2, 0) is 17.2 Å². The second-order valence-electron chi connectivity index (χ2n) is 5.15. The second kappa shape index (κ2) is 5.30. The van der Waals surface area contributed by atoms with E-state index in [4.69, 9.17) is 16.3 Å². The van der Waals surface area contributed by atoms with Gasteiger partial charge in [0.05, 0.1) is 17.5 Å². The van der Waals surface area contributed by atoms with Crippen molar-refractivity contribution in [2.45, 2.75) is 31.9 Å². The lowest BCUT2D eigenvalue weighted by atomic mass is 10.0. The molecule has 3 rings (SSSR count). The van der Waals surface area contributed by atoms with Crippen LogP contribution < -0.4 is 0 Å². The molecule has 2 atom stereocenters. The lowest BCUT2D eigenvalue weighted by molar-refractivity contribution is 0.102. The van der Waals surface area contributed by atoms with E-state index in [1.807, 2.05) is 11.5 Å². The van der Waals surface area contributed by atoms with Crippen LogP contribution in [0.25, 0.3) is 11.0 Å². The number of imidazole rings is 1. The third-order valence-corrected chi connectivity index (χ3v) is 4.16. The maximum Gasteiger partial charge on any atom is 0.153 e. The Morgan fingerprint density at radius 3 is 2.90 bits per heavy atom. The van der Waals surface area contributed by atoms with E-state index in [0.717, 1.165) is 19.1 Å². The largest absolute Gasteiger partial charge is 0.378 e. The molecule has 1 saturated heterocycles. The van der Waals surface area contributed by atoms with E-state index in [0.29, 0.717) is 23.8 Å². The van der Waals surface area contributed by atoms with Crippen LogP contribution in [0.5, 0.6) is 0 Å². The van der Waals surface area contributed by atoms with Gasteiger partial charge in [0, 0.05) is 25.1 Å². The van der Waals surface area contributed by atoms with Gasteiger partial charge in [-0.05, 0) is 19.4 Å². The van der Waals surface area contributed by atoms with Gasteiger partial charge in [-0.2, -0.15) is 0 Å². The van der Waals surface area contributed by atoms with Crippen molar-refractivity contribution in [3.63, 3.8) is 0 Å². The fourth-order valence-corrected chi connectivity index (χ4v) is 2.96. The van der Waals surface area contributed by atoms with Gasteiger partial charge >= 0.3 is 0 Å². The molecule has 1 aromatic heterocycles. The average molecular weight is 301 g/mol. The molecule has 20 heavy (non-hydrogen) atoms. The lowest BCUT2D eigenvalue weighted by Crippen LogP contribution is -2.19. The second-order valence-corrected chi connectivity index (χ2v) is 5.42. The summed E-state index contributed by atoms with van der Waals surface area (Å²) in [6, 6.07) is 2.15. The molecule has 1 aliphatic rings. The van der Waals surface area contributed by atoms with Crippen LogP contribution in [-0.4, -0.2) is 22.3 Å². The van der Waals surface area contributed by atoms with Crippen LogP contribution >= 0.6 is 11.6 Å². The summed E-state index contributed by atoms with van der Waals surface area (Å²) in [6.45, 7) is 3.35. The van der Waals surface area contributed by atoms with Crippen LogP contribution in [0.2, 0.25) is 0 Å². The van der Waals surface area contributed by atoms with Crippen molar-refractivity contribution in [1.29, 1.82) is 0 Å². The van der Waals surface area contributed by atoms with E-state index in [1.54, 1.807) is 0 Å². The quantitative estimate of drug-likeness (QED) is 0.812. The maximum absolute atomic E-state index is 13.8. The summed E-state index contributed by atoms with van der Waals surface area (Å²) in [7, 11) is 0. The highest BCUT2D eigenvalue weighted by molar-refractivity contribution is 6.16. The molecule has 6 heteroatoms. The van der Waals surface area contributed by atoms with Crippen LogP contribution in [0.1, 0.15) is 19.2 Å². The van der Waals surface area contributed by atoms with Crippen molar-refractivity contribution in [3.8, 4) is 0 Å². The van der Waals surface area contributed by atoms with Crippen LogP contribution in [0.3, 0.4) is 0 Å². The van der Waals surface area contributed by atoms with Gasteiger partial charge in [0.15, 0.2) is 5.82 Å². The van der Waals surface area contributed by atoms with Crippen LogP contribution in [0.4, 0.5) is 8.78 Å². The molecule has 2 aromatic rings. The molecule has 0 spiro atoms. The molecular formula is C14H15ClF2N2O.